The van der Waals surface area contributed by atoms with Crippen molar-refractivity contribution in [1.82, 2.24) is 19.1 Å². The number of fused-ring (bicyclic) bond motifs is 9. The van der Waals surface area contributed by atoms with E-state index in [0.717, 1.165) is 43.7 Å². The summed E-state index contributed by atoms with van der Waals surface area (Å²) in [6.07, 6.45) is 0. The van der Waals surface area contributed by atoms with E-state index in [1.807, 2.05) is 0 Å². The van der Waals surface area contributed by atoms with Gasteiger partial charge in [-0.15, -0.1) is 11.3 Å². The lowest BCUT2D eigenvalue weighted by atomic mass is 10.0. The molecule has 0 spiro atoms. The molecule has 11 rings (SSSR count). The highest BCUT2D eigenvalue weighted by molar-refractivity contribution is 7.26. The van der Waals surface area contributed by atoms with Crippen molar-refractivity contribution in [2.45, 2.75) is 0 Å². The fraction of sp³-hybridized carbons (Fsp3) is 0. The largest absolute Gasteiger partial charge is 0.309 e. The molecule has 0 aliphatic carbocycles. The normalized spacial score (nSPS) is 11.9. The van der Waals surface area contributed by atoms with Crippen LogP contribution in [0.5, 0.6) is 0 Å². The highest BCUT2D eigenvalue weighted by Crippen LogP contribution is 2.41. The van der Waals surface area contributed by atoms with Crippen molar-refractivity contribution in [2.75, 3.05) is 0 Å². The Morgan fingerprint density at radius 3 is 1.71 bits per heavy atom. The first-order valence-electron chi connectivity index (χ1n) is 17.2. The molecule has 7 aromatic carbocycles. The van der Waals surface area contributed by atoms with Gasteiger partial charge >= 0.3 is 0 Å². The number of hydrogen-bond acceptors (Lipinski definition) is 3. The molecule has 0 saturated heterocycles. The van der Waals surface area contributed by atoms with E-state index in [0.29, 0.717) is 5.82 Å². The van der Waals surface area contributed by atoms with Crippen LogP contribution in [0.2, 0.25) is 0 Å². The predicted molar refractivity (Wildman–Crippen MR) is 214 cm³/mol. The molecule has 4 aromatic heterocycles. The standard InChI is InChI=1S/C46H28N4S/c1-2-13-29(14-3-1)30-25-26-36-35-19-6-10-23-40(35)50(41(36)28-30)46-44-43(37-20-7-11-24-42(37)51-44)47-45(48-46)31-15-12-16-32(27-31)49-38-21-8-4-17-33(38)34-18-5-9-22-39(34)49/h1-28H. The van der Waals surface area contributed by atoms with Gasteiger partial charge in [-0.05, 0) is 53.6 Å². The smallest absolute Gasteiger partial charge is 0.162 e. The Morgan fingerprint density at radius 2 is 0.980 bits per heavy atom. The van der Waals surface area contributed by atoms with Gasteiger partial charge in [0.15, 0.2) is 11.6 Å². The second-order valence-electron chi connectivity index (χ2n) is 13.0. The summed E-state index contributed by atoms with van der Waals surface area (Å²) in [6.45, 7) is 0. The Hall–Kier alpha value is -6.56. The number of rotatable bonds is 4. The lowest BCUT2D eigenvalue weighted by Crippen LogP contribution is -2.02. The average Bonchev–Trinajstić information content (AvgIpc) is 3.86. The minimum atomic E-state index is 0.703. The minimum absolute atomic E-state index is 0.703. The van der Waals surface area contributed by atoms with Gasteiger partial charge in [-0.1, -0.05) is 127 Å². The van der Waals surface area contributed by atoms with Gasteiger partial charge in [0.1, 0.15) is 0 Å². The summed E-state index contributed by atoms with van der Waals surface area (Å²) in [5.74, 6) is 1.60. The van der Waals surface area contributed by atoms with E-state index in [1.165, 1.54) is 48.4 Å². The van der Waals surface area contributed by atoms with Gasteiger partial charge in [0, 0.05) is 42.9 Å². The van der Waals surface area contributed by atoms with E-state index in [4.69, 9.17) is 9.97 Å². The molecule has 0 atom stereocenters. The third-order valence-corrected chi connectivity index (χ3v) is 11.3. The number of aromatic nitrogens is 4. The van der Waals surface area contributed by atoms with Crippen LogP contribution >= 0.6 is 11.3 Å². The molecule has 5 heteroatoms. The summed E-state index contributed by atoms with van der Waals surface area (Å²) in [5, 5.41) is 6.03. The number of benzene rings is 7. The fourth-order valence-electron chi connectivity index (χ4n) is 7.85. The lowest BCUT2D eigenvalue weighted by molar-refractivity contribution is 1.08. The maximum atomic E-state index is 5.51. The molecule has 0 unspecified atom stereocenters. The predicted octanol–water partition coefficient (Wildman–Crippen LogP) is 12.4. The Balaban J connectivity index is 1.20. The van der Waals surface area contributed by atoms with Gasteiger partial charge in [0.2, 0.25) is 0 Å². The zero-order valence-electron chi connectivity index (χ0n) is 27.4. The van der Waals surface area contributed by atoms with Crippen molar-refractivity contribution in [3.63, 3.8) is 0 Å². The first-order valence-corrected chi connectivity index (χ1v) is 18.0. The van der Waals surface area contributed by atoms with E-state index >= 15 is 0 Å². The van der Waals surface area contributed by atoms with Gasteiger partial charge in [0.05, 0.1) is 32.3 Å². The van der Waals surface area contributed by atoms with Gasteiger partial charge in [-0.25, -0.2) is 9.97 Å². The summed E-state index contributed by atoms with van der Waals surface area (Å²) in [6, 6.07) is 60.6. The number of thiophene rings is 1. The highest BCUT2D eigenvalue weighted by atomic mass is 32.1. The quantitative estimate of drug-likeness (QED) is 0.187. The molecular formula is C46H28N4S. The van der Waals surface area contributed by atoms with Gasteiger partial charge in [-0.2, -0.15) is 0 Å². The van der Waals surface area contributed by atoms with E-state index in [9.17, 15) is 0 Å². The van der Waals surface area contributed by atoms with Crippen molar-refractivity contribution in [2.24, 2.45) is 0 Å². The fourth-order valence-corrected chi connectivity index (χ4v) is 8.97. The molecule has 4 nitrogen and oxygen atoms in total. The zero-order valence-corrected chi connectivity index (χ0v) is 28.2. The van der Waals surface area contributed by atoms with Crippen LogP contribution in [0.15, 0.2) is 170 Å². The molecule has 0 amide bonds. The number of nitrogens with zero attached hydrogens (tertiary/aromatic N) is 4. The first-order chi connectivity index (χ1) is 25.3. The molecule has 4 heterocycles. The van der Waals surface area contributed by atoms with Crippen LogP contribution < -0.4 is 0 Å². The Morgan fingerprint density at radius 1 is 0.392 bits per heavy atom. The Kier molecular flexibility index (Phi) is 6.09. The molecule has 0 bridgehead atoms. The van der Waals surface area contributed by atoms with Crippen molar-refractivity contribution in [1.29, 1.82) is 0 Å². The summed E-state index contributed by atoms with van der Waals surface area (Å²) in [7, 11) is 0. The molecule has 0 aliphatic rings. The Labute approximate surface area is 297 Å². The van der Waals surface area contributed by atoms with Crippen molar-refractivity contribution in [3.05, 3.63) is 170 Å². The van der Waals surface area contributed by atoms with Crippen LogP contribution in [0.4, 0.5) is 0 Å². The average molecular weight is 669 g/mol. The van der Waals surface area contributed by atoms with Crippen LogP contribution in [0, 0.1) is 0 Å². The van der Waals surface area contributed by atoms with Gasteiger partial charge < -0.3 is 4.57 Å². The topological polar surface area (TPSA) is 35.6 Å². The van der Waals surface area contributed by atoms with Crippen LogP contribution in [0.3, 0.4) is 0 Å². The number of hydrogen-bond donors (Lipinski definition) is 0. The maximum Gasteiger partial charge on any atom is 0.162 e. The molecule has 0 fully saturated rings. The summed E-state index contributed by atoms with van der Waals surface area (Å²) >= 11 is 1.76. The van der Waals surface area contributed by atoms with Crippen LogP contribution in [0.1, 0.15) is 0 Å². The lowest BCUT2D eigenvalue weighted by Gasteiger charge is -2.13. The molecule has 51 heavy (non-hydrogen) atoms. The van der Waals surface area contributed by atoms with Gasteiger partial charge in [-0.3, -0.25) is 4.57 Å². The third kappa shape index (κ3) is 4.25. The molecule has 11 aromatic rings. The molecule has 0 saturated carbocycles. The third-order valence-electron chi connectivity index (χ3n) is 10.1. The van der Waals surface area contributed by atoms with E-state index in [1.54, 1.807) is 11.3 Å². The van der Waals surface area contributed by atoms with E-state index in [2.05, 4.69) is 179 Å². The van der Waals surface area contributed by atoms with Crippen LogP contribution in [-0.4, -0.2) is 19.1 Å². The highest BCUT2D eigenvalue weighted by Gasteiger charge is 2.21. The molecule has 238 valence electrons. The monoisotopic (exact) mass is 668 g/mol. The molecule has 0 aliphatic heterocycles. The first kappa shape index (κ1) is 28.3. The van der Waals surface area contributed by atoms with Crippen LogP contribution in [-0.2, 0) is 0 Å². The van der Waals surface area contributed by atoms with Crippen molar-refractivity contribution >= 4 is 75.3 Å². The minimum Gasteiger partial charge on any atom is -0.309 e. The van der Waals surface area contributed by atoms with E-state index < -0.39 is 0 Å². The number of para-hydroxylation sites is 3. The molecule has 0 radical (unpaired) electrons. The van der Waals surface area contributed by atoms with Crippen molar-refractivity contribution < 1.29 is 0 Å². The SMILES string of the molecule is c1ccc(-c2ccc3c4ccccc4n(-c4nc(-c5cccc(-n6c7ccccc7c7ccccc76)c5)nc5c4sc4ccccc45)c3c2)cc1. The summed E-state index contributed by atoms with van der Waals surface area (Å²) in [5.41, 5.74) is 9.99. The van der Waals surface area contributed by atoms with E-state index in [-0.39, 0.29) is 0 Å². The summed E-state index contributed by atoms with van der Waals surface area (Å²) in [4.78, 5) is 10.9. The summed E-state index contributed by atoms with van der Waals surface area (Å²) < 4.78 is 6.99. The van der Waals surface area contributed by atoms with Gasteiger partial charge in [0.25, 0.3) is 0 Å². The second kappa shape index (κ2) is 11.0. The van der Waals surface area contributed by atoms with Crippen LogP contribution in [0.25, 0.3) is 97.9 Å². The molecule has 0 N–H and O–H groups in total. The molecular weight excluding hydrogens is 641 g/mol. The Bertz CT molecular complexity index is 3090. The zero-order chi connectivity index (χ0) is 33.5. The maximum absolute atomic E-state index is 5.51. The van der Waals surface area contributed by atoms with Crippen molar-refractivity contribution in [3.8, 4) is 34.0 Å². The second-order valence-corrected chi connectivity index (χ2v) is 14.1.